The van der Waals surface area contributed by atoms with Crippen LogP contribution in [-0.4, -0.2) is 25.3 Å². The van der Waals surface area contributed by atoms with Crippen LogP contribution in [0.2, 0.25) is 0 Å². The Hall–Kier alpha value is -2.04. The summed E-state index contributed by atoms with van der Waals surface area (Å²) in [6.45, 7) is 2.81. The van der Waals surface area contributed by atoms with Crippen molar-refractivity contribution in [2.75, 3.05) is 19.1 Å². The molecule has 96 valence electrons. The number of methoxy groups -OCH3 is 1. The molecular weight excluding hydrogens is 230 g/mol. The molecule has 0 radical (unpaired) electrons. The SMILES string of the molecule is COc1ccc(NN=C2C[C@@H](C)CNC2=O)cc1. The lowest BCUT2D eigenvalue weighted by Crippen LogP contribution is -2.41. The highest BCUT2D eigenvalue weighted by Gasteiger charge is 2.21. The average Bonchev–Trinajstić information content (AvgIpc) is 2.40. The standard InChI is InChI=1S/C13H17N3O2/c1-9-7-12(13(17)14-8-9)16-15-10-3-5-11(18-2)6-4-10/h3-6,9,15H,7-8H2,1-2H3,(H,14,17)/t9-/m1/s1. The lowest BCUT2D eigenvalue weighted by molar-refractivity contribution is -0.115. The molecule has 2 N–H and O–H groups in total. The molecule has 1 aromatic carbocycles. The van der Waals surface area contributed by atoms with E-state index in [9.17, 15) is 4.79 Å². The fourth-order valence-electron chi connectivity index (χ4n) is 1.76. The Kier molecular flexibility index (Phi) is 3.82. The van der Waals surface area contributed by atoms with E-state index in [1.54, 1.807) is 7.11 Å². The van der Waals surface area contributed by atoms with Crippen molar-refractivity contribution in [2.45, 2.75) is 13.3 Å². The monoisotopic (exact) mass is 247 g/mol. The van der Waals surface area contributed by atoms with Crippen molar-refractivity contribution in [3.8, 4) is 5.75 Å². The first-order valence-electron chi connectivity index (χ1n) is 5.94. The topological polar surface area (TPSA) is 62.7 Å². The van der Waals surface area contributed by atoms with E-state index in [0.717, 1.165) is 18.0 Å². The predicted octanol–water partition coefficient (Wildman–Crippen LogP) is 1.62. The van der Waals surface area contributed by atoms with Crippen molar-refractivity contribution in [2.24, 2.45) is 11.0 Å². The largest absolute Gasteiger partial charge is 0.497 e. The molecule has 0 unspecified atom stereocenters. The van der Waals surface area contributed by atoms with Crippen LogP contribution < -0.4 is 15.5 Å². The Balaban J connectivity index is 2.02. The van der Waals surface area contributed by atoms with Crippen molar-refractivity contribution < 1.29 is 9.53 Å². The Bertz CT molecular complexity index is 454. The van der Waals surface area contributed by atoms with Gasteiger partial charge in [0.2, 0.25) is 0 Å². The van der Waals surface area contributed by atoms with Gasteiger partial charge in [0.25, 0.3) is 5.91 Å². The van der Waals surface area contributed by atoms with Gasteiger partial charge in [-0.15, -0.1) is 0 Å². The molecule has 1 fully saturated rings. The number of hydrazone groups is 1. The number of ether oxygens (including phenoxy) is 1. The van der Waals surface area contributed by atoms with Crippen LogP contribution in [0, 0.1) is 5.92 Å². The molecule has 0 bridgehead atoms. The van der Waals surface area contributed by atoms with Gasteiger partial charge in [-0.25, -0.2) is 0 Å². The maximum absolute atomic E-state index is 11.6. The van der Waals surface area contributed by atoms with E-state index < -0.39 is 0 Å². The number of rotatable bonds is 3. The zero-order valence-corrected chi connectivity index (χ0v) is 10.6. The van der Waals surface area contributed by atoms with E-state index in [1.807, 2.05) is 24.3 Å². The molecule has 0 spiro atoms. The lowest BCUT2D eigenvalue weighted by atomic mass is 10.00. The first-order chi connectivity index (χ1) is 8.69. The van der Waals surface area contributed by atoms with E-state index in [1.165, 1.54) is 0 Å². The molecule has 5 nitrogen and oxygen atoms in total. The van der Waals surface area contributed by atoms with Gasteiger partial charge in [0.15, 0.2) is 0 Å². The Morgan fingerprint density at radius 2 is 2.11 bits per heavy atom. The van der Waals surface area contributed by atoms with Crippen LogP contribution in [0.1, 0.15) is 13.3 Å². The molecule has 1 atom stereocenters. The molecule has 18 heavy (non-hydrogen) atoms. The number of hydrogen-bond donors (Lipinski definition) is 2. The minimum atomic E-state index is -0.0888. The molecule has 0 aromatic heterocycles. The molecule has 1 aromatic rings. The number of amides is 1. The van der Waals surface area contributed by atoms with Crippen LogP contribution in [0.3, 0.4) is 0 Å². The number of carbonyl (C=O) groups excluding carboxylic acids is 1. The second-order valence-electron chi connectivity index (χ2n) is 4.42. The first kappa shape index (κ1) is 12.4. The normalized spacial score (nSPS) is 21.6. The van der Waals surface area contributed by atoms with E-state index in [4.69, 9.17) is 4.74 Å². The highest BCUT2D eigenvalue weighted by atomic mass is 16.5. The van der Waals surface area contributed by atoms with Gasteiger partial charge in [-0.05, 0) is 30.2 Å². The summed E-state index contributed by atoms with van der Waals surface area (Å²) in [7, 11) is 1.62. The van der Waals surface area contributed by atoms with E-state index >= 15 is 0 Å². The molecular formula is C13H17N3O2. The van der Waals surface area contributed by atoms with Crippen LogP contribution in [0.25, 0.3) is 0 Å². The molecule has 1 saturated heterocycles. The van der Waals surface area contributed by atoms with E-state index in [-0.39, 0.29) is 5.91 Å². The van der Waals surface area contributed by atoms with Crippen molar-refractivity contribution in [3.05, 3.63) is 24.3 Å². The number of piperidine rings is 1. The number of hydrogen-bond acceptors (Lipinski definition) is 4. The van der Waals surface area contributed by atoms with Crippen LogP contribution in [0.4, 0.5) is 5.69 Å². The molecule has 1 aliphatic heterocycles. The molecule has 2 rings (SSSR count). The molecule has 1 heterocycles. The molecule has 1 amide bonds. The maximum atomic E-state index is 11.6. The van der Waals surface area contributed by atoms with Crippen LogP contribution >= 0.6 is 0 Å². The van der Waals surface area contributed by atoms with Crippen molar-refractivity contribution in [1.29, 1.82) is 0 Å². The summed E-state index contributed by atoms with van der Waals surface area (Å²) in [6, 6.07) is 7.39. The van der Waals surface area contributed by atoms with Gasteiger partial charge >= 0.3 is 0 Å². The Morgan fingerprint density at radius 3 is 2.78 bits per heavy atom. The second kappa shape index (κ2) is 5.53. The number of carbonyl (C=O) groups is 1. The van der Waals surface area contributed by atoms with Crippen molar-refractivity contribution in [3.63, 3.8) is 0 Å². The van der Waals surface area contributed by atoms with Gasteiger partial charge in [-0.3, -0.25) is 10.2 Å². The minimum Gasteiger partial charge on any atom is -0.497 e. The smallest absolute Gasteiger partial charge is 0.267 e. The highest BCUT2D eigenvalue weighted by Crippen LogP contribution is 2.15. The summed E-state index contributed by atoms with van der Waals surface area (Å²) in [4.78, 5) is 11.6. The van der Waals surface area contributed by atoms with Crippen LogP contribution in [0.5, 0.6) is 5.75 Å². The van der Waals surface area contributed by atoms with Crippen LogP contribution in [0.15, 0.2) is 29.4 Å². The van der Waals surface area contributed by atoms with Gasteiger partial charge in [-0.1, -0.05) is 6.92 Å². The molecule has 5 heteroatoms. The van der Waals surface area contributed by atoms with Gasteiger partial charge in [0, 0.05) is 13.0 Å². The molecule has 0 aliphatic carbocycles. The number of anilines is 1. The summed E-state index contributed by atoms with van der Waals surface area (Å²) in [5, 5.41) is 6.96. The van der Waals surface area contributed by atoms with E-state index in [2.05, 4.69) is 22.8 Å². The predicted molar refractivity (Wildman–Crippen MR) is 70.8 cm³/mol. The second-order valence-corrected chi connectivity index (χ2v) is 4.42. The number of nitrogens with zero attached hydrogens (tertiary/aromatic N) is 1. The van der Waals surface area contributed by atoms with Crippen LogP contribution in [-0.2, 0) is 4.79 Å². The third kappa shape index (κ3) is 3.00. The fourth-order valence-corrected chi connectivity index (χ4v) is 1.76. The minimum absolute atomic E-state index is 0.0888. The molecule has 1 aliphatic rings. The summed E-state index contributed by atoms with van der Waals surface area (Å²) in [6.07, 6.45) is 0.703. The third-order valence-electron chi connectivity index (χ3n) is 2.82. The fraction of sp³-hybridized carbons (Fsp3) is 0.385. The summed E-state index contributed by atoms with van der Waals surface area (Å²) < 4.78 is 5.07. The van der Waals surface area contributed by atoms with Crippen molar-refractivity contribution in [1.82, 2.24) is 5.32 Å². The van der Waals surface area contributed by atoms with Gasteiger partial charge in [-0.2, -0.15) is 5.10 Å². The zero-order chi connectivity index (χ0) is 13.0. The maximum Gasteiger partial charge on any atom is 0.267 e. The van der Waals surface area contributed by atoms with Gasteiger partial charge in [0.05, 0.1) is 12.8 Å². The lowest BCUT2D eigenvalue weighted by Gasteiger charge is -2.19. The summed E-state index contributed by atoms with van der Waals surface area (Å²) >= 11 is 0. The molecule has 0 saturated carbocycles. The average molecular weight is 247 g/mol. The summed E-state index contributed by atoms with van der Waals surface area (Å²) in [5.41, 5.74) is 4.26. The Morgan fingerprint density at radius 1 is 1.39 bits per heavy atom. The number of nitrogens with one attached hydrogen (secondary N) is 2. The zero-order valence-electron chi connectivity index (χ0n) is 10.6. The van der Waals surface area contributed by atoms with Crippen molar-refractivity contribution >= 4 is 17.3 Å². The summed E-state index contributed by atoms with van der Waals surface area (Å²) in [5.74, 6) is 1.13. The Labute approximate surface area is 106 Å². The number of benzene rings is 1. The van der Waals surface area contributed by atoms with Gasteiger partial charge < -0.3 is 10.1 Å². The quantitative estimate of drug-likeness (QED) is 0.798. The highest BCUT2D eigenvalue weighted by molar-refractivity contribution is 6.39. The third-order valence-corrected chi connectivity index (χ3v) is 2.82. The van der Waals surface area contributed by atoms with E-state index in [0.29, 0.717) is 18.1 Å². The first-order valence-corrected chi connectivity index (χ1v) is 5.94. The van der Waals surface area contributed by atoms with Gasteiger partial charge in [0.1, 0.15) is 11.5 Å².